The van der Waals surface area contributed by atoms with E-state index < -0.39 is 11.7 Å². The molecule has 1 aromatic carbocycles. The Morgan fingerprint density at radius 3 is 2.68 bits per heavy atom. The minimum atomic E-state index is -4.39. The normalized spacial score (nSPS) is 15.5. The summed E-state index contributed by atoms with van der Waals surface area (Å²) in [5.41, 5.74) is -0.287. The van der Waals surface area contributed by atoms with E-state index in [2.05, 4.69) is 15.5 Å². The van der Waals surface area contributed by atoms with Crippen LogP contribution in [0.3, 0.4) is 0 Å². The van der Waals surface area contributed by atoms with Gasteiger partial charge in [0.1, 0.15) is 0 Å². The van der Waals surface area contributed by atoms with Crippen molar-refractivity contribution in [3.8, 4) is 0 Å². The highest BCUT2D eigenvalue weighted by molar-refractivity contribution is 5.75. The lowest BCUT2D eigenvalue weighted by molar-refractivity contribution is -0.137. The minimum absolute atomic E-state index is 0.0934. The van der Waals surface area contributed by atoms with Crippen molar-refractivity contribution in [2.75, 3.05) is 19.8 Å². The highest BCUT2D eigenvalue weighted by Crippen LogP contribution is 2.29. The molecule has 1 aromatic heterocycles. The van der Waals surface area contributed by atoms with Gasteiger partial charge in [0, 0.05) is 32.6 Å². The lowest BCUT2D eigenvalue weighted by Gasteiger charge is -2.22. The number of carbonyl (C=O) groups is 1. The Hall–Kier alpha value is -2.42. The summed E-state index contributed by atoms with van der Waals surface area (Å²) in [6.07, 6.45) is -1.89. The van der Waals surface area contributed by atoms with E-state index in [0.29, 0.717) is 23.9 Å². The highest BCUT2D eigenvalue weighted by Gasteiger charge is 2.30. The Kier molecular flexibility index (Phi) is 6.66. The molecule has 2 heterocycles. The predicted molar refractivity (Wildman–Crippen MR) is 93.4 cm³/mol. The molecule has 0 radical (unpaired) electrons. The third-order valence-electron chi connectivity index (χ3n) is 4.61. The Morgan fingerprint density at radius 2 is 1.93 bits per heavy atom. The molecular formula is C19H22F3N3O3. The molecule has 3 rings (SSSR count). The predicted octanol–water partition coefficient (Wildman–Crippen LogP) is 3.15. The molecule has 0 bridgehead atoms. The molecule has 6 nitrogen and oxygen atoms in total. The zero-order valence-corrected chi connectivity index (χ0v) is 15.3. The van der Waals surface area contributed by atoms with Gasteiger partial charge in [-0.25, -0.2) is 0 Å². The quantitative estimate of drug-likeness (QED) is 0.777. The maximum atomic E-state index is 12.8. The fourth-order valence-corrected chi connectivity index (χ4v) is 3.01. The summed E-state index contributed by atoms with van der Waals surface area (Å²) in [6.45, 7) is 2.10. The second-order valence-electron chi connectivity index (χ2n) is 6.82. The molecule has 1 aliphatic heterocycles. The number of amides is 1. The number of nitrogens with one attached hydrogen (secondary N) is 1. The molecule has 1 N–H and O–H groups in total. The van der Waals surface area contributed by atoms with Gasteiger partial charge in [-0.1, -0.05) is 18.2 Å². The van der Waals surface area contributed by atoms with Crippen LogP contribution in [-0.4, -0.2) is 35.9 Å². The Labute approximate surface area is 160 Å². The molecule has 28 heavy (non-hydrogen) atoms. The van der Waals surface area contributed by atoms with Crippen LogP contribution in [0.1, 0.15) is 42.2 Å². The smallest absolute Gasteiger partial charge is 0.416 e. The second kappa shape index (κ2) is 9.18. The van der Waals surface area contributed by atoms with Crippen molar-refractivity contribution < 1.29 is 27.1 Å². The summed E-state index contributed by atoms with van der Waals surface area (Å²) in [4.78, 5) is 11.9. The number of aryl methyl sites for hydroxylation is 1. The van der Waals surface area contributed by atoms with Crippen LogP contribution in [0.25, 0.3) is 0 Å². The molecule has 0 aliphatic carbocycles. The molecule has 1 aliphatic rings. The fraction of sp³-hybridized carbons (Fsp3) is 0.526. The zero-order valence-electron chi connectivity index (χ0n) is 15.3. The average Bonchev–Trinajstić information content (AvgIpc) is 3.12. The van der Waals surface area contributed by atoms with E-state index in [1.54, 1.807) is 6.07 Å². The van der Waals surface area contributed by atoms with Crippen molar-refractivity contribution in [3.05, 3.63) is 47.2 Å². The largest absolute Gasteiger partial charge is 0.425 e. The first-order chi connectivity index (χ1) is 13.4. The van der Waals surface area contributed by atoms with Gasteiger partial charge >= 0.3 is 6.18 Å². The van der Waals surface area contributed by atoms with Crippen molar-refractivity contribution in [2.45, 2.75) is 38.3 Å². The van der Waals surface area contributed by atoms with Gasteiger partial charge in [0.15, 0.2) is 0 Å². The van der Waals surface area contributed by atoms with Gasteiger partial charge in [0.25, 0.3) is 0 Å². The second-order valence-corrected chi connectivity index (χ2v) is 6.82. The van der Waals surface area contributed by atoms with Gasteiger partial charge in [-0.05, 0) is 30.4 Å². The molecule has 0 spiro atoms. The van der Waals surface area contributed by atoms with E-state index in [-0.39, 0.29) is 31.1 Å². The molecule has 1 fully saturated rings. The Morgan fingerprint density at radius 1 is 1.18 bits per heavy atom. The van der Waals surface area contributed by atoms with Crippen molar-refractivity contribution in [1.29, 1.82) is 0 Å². The van der Waals surface area contributed by atoms with Crippen LogP contribution in [0, 0.1) is 5.92 Å². The minimum Gasteiger partial charge on any atom is -0.425 e. The van der Waals surface area contributed by atoms with E-state index in [0.717, 1.165) is 38.2 Å². The maximum absolute atomic E-state index is 12.8. The number of rotatable bonds is 7. The summed E-state index contributed by atoms with van der Waals surface area (Å²) in [5, 5.41) is 10.6. The maximum Gasteiger partial charge on any atom is 0.416 e. The van der Waals surface area contributed by atoms with Crippen LogP contribution >= 0.6 is 0 Å². The summed E-state index contributed by atoms with van der Waals surface area (Å²) >= 11 is 0. The standard InChI is InChI=1S/C19H22F3N3O3/c20-19(21,22)15-3-1-2-14(10-15)11-18-25-24-17(28-18)5-4-16(26)23-12-13-6-8-27-9-7-13/h1-3,10,13H,4-9,11-12H2,(H,23,26). The van der Waals surface area contributed by atoms with Crippen molar-refractivity contribution in [2.24, 2.45) is 5.92 Å². The van der Waals surface area contributed by atoms with Gasteiger partial charge in [0.2, 0.25) is 17.7 Å². The highest BCUT2D eigenvalue weighted by atomic mass is 19.4. The van der Waals surface area contributed by atoms with E-state index >= 15 is 0 Å². The Balaban J connectivity index is 1.45. The summed E-state index contributed by atoms with van der Waals surface area (Å²) in [7, 11) is 0. The number of carbonyl (C=O) groups excluding carboxylic acids is 1. The summed E-state index contributed by atoms with van der Waals surface area (Å²) in [6, 6.07) is 5.00. The number of aromatic nitrogens is 2. The summed E-state index contributed by atoms with van der Waals surface area (Å²) < 4.78 is 49.1. The van der Waals surface area contributed by atoms with Crippen LogP contribution in [0.15, 0.2) is 28.7 Å². The molecule has 152 valence electrons. The number of nitrogens with zero attached hydrogens (tertiary/aromatic N) is 2. The molecular weight excluding hydrogens is 375 g/mol. The van der Waals surface area contributed by atoms with E-state index in [1.807, 2.05) is 0 Å². The van der Waals surface area contributed by atoms with E-state index in [9.17, 15) is 18.0 Å². The molecule has 9 heteroatoms. The summed E-state index contributed by atoms with van der Waals surface area (Å²) in [5.74, 6) is 0.865. The van der Waals surface area contributed by atoms with Crippen molar-refractivity contribution in [1.82, 2.24) is 15.5 Å². The van der Waals surface area contributed by atoms with Gasteiger partial charge in [0.05, 0.1) is 12.0 Å². The van der Waals surface area contributed by atoms with E-state index in [4.69, 9.17) is 9.15 Å². The SMILES string of the molecule is O=C(CCc1nnc(Cc2cccc(C(F)(F)F)c2)o1)NCC1CCOCC1. The Bertz CT molecular complexity index is 786. The van der Waals surface area contributed by atoms with Gasteiger partial charge in [-0.2, -0.15) is 13.2 Å². The third kappa shape index (κ3) is 6.05. The lowest BCUT2D eigenvalue weighted by Crippen LogP contribution is -2.32. The monoisotopic (exact) mass is 397 g/mol. The molecule has 0 unspecified atom stereocenters. The van der Waals surface area contributed by atoms with Gasteiger partial charge in [-0.3, -0.25) is 4.79 Å². The first-order valence-corrected chi connectivity index (χ1v) is 9.22. The van der Waals surface area contributed by atoms with Gasteiger partial charge < -0.3 is 14.5 Å². The van der Waals surface area contributed by atoms with Crippen LogP contribution in [0.2, 0.25) is 0 Å². The molecule has 0 saturated carbocycles. The van der Waals surface area contributed by atoms with Crippen LogP contribution in [0.4, 0.5) is 13.2 Å². The number of hydrogen-bond acceptors (Lipinski definition) is 5. The fourth-order valence-electron chi connectivity index (χ4n) is 3.01. The van der Waals surface area contributed by atoms with Gasteiger partial charge in [-0.15, -0.1) is 10.2 Å². The number of halogens is 3. The molecule has 2 aromatic rings. The topological polar surface area (TPSA) is 77.2 Å². The molecule has 1 amide bonds. The number of alkyl halides is 3. The van der Waals surface area contributed by atoms with Crippen LogP contribution in [0.5, 0.6) is 0 Å². The van der Waals surface area contributed by atoms with E-state index in [1.165, 1.54) is 6.07 Å². The first-order valence-electron chi connectivity index (χ1n) is 9.22. The zero-order chi connectivity index (χ0) is 20.0. The number of ether oxygens (including phenoxy) is 1. The van der Waals surface area contributed by atoms with Crippen molar-refractivity contribution >= 4 is 5.91 Å². The number of hydrogen-bond donors (Lipinski definition) is 1. The van der Waals surface area contributed by atoms with Crippen LogP contribution in [-0.2, 0) is 28.5 Å². The van der Waals surface area contributed by atoms with Crippen molar-refractivity contribution in [3.63, 3.8) is 0 Å². The van der Waals surface area contributed by atoms with Crippen LogP contribution < -0.4 is 5.32 Å². The number of benzene rings is 1. The average molecular weight is 397 g/mol. The molecule has 0 atom stereocenters. The third-order valence-corrected chi connectivity index (χ3v) is 4.61. The molecule has 1 saturated heterocycles. The lowest BCUT2D eigenvalue weighted by atomic mass is 10.0. The first kappa shape index (κ1) is 20.3.